The smallest absolute Gasteiger partial charge is 0.168 e. The Balaban J connectivity index is 1.77. The van der Waals surface area contributed by atoms with Gasteiger partial charge in [0.25, 0.3) is 0 Å². The number of nitriles is 1. The van der Waals surface area contributed by atoms with Gasteiger partial charge in [0.05, 0.1) is 12.5 Å². The van der Waals surface area contributed by atoms with Gasteiger partial charge in [-0.15, -0.1) is 0 Å². The first kappa shape index (κ1) is 11.7. The Morgan fingerprint density at radius 3 is 2.88 bits per heavy atom. The molecule has 0 radical (unpaired) electrons. The lowest BCUT2D eigenvalue weighted by atomic mass is 9.95. The molecule has 1 N–H and O–H groups in total. The Kier molecular flexibility index (Phi) is 3.65. The summed E-state index contributed by atoms with van der Waals surface area (Å²) in [7, 11) is 1.96. The third-order valence-electron chi connectivity index (χ3n) is 3.95. The van der Waals surface area contributed by atoms with Crippen LogP contribution in [0.4, 0.5) is 0 Å². The first-order valence-electron chi connectivity index (χ1n) is 6.09. The highest BCUT2D eigenvalue weighted by molar-refractivity contribution is 7.80. The van der Waals surface area contributed by atoms with E-state index in [-0.39, 0.29) is 0 Å². The highest BCUT2D eigenvalue weighted by Gasteiger charge is 2.39. The van der Waals surface area contributed by atoms with Gasteiger partial charge in [-0.05, 0) is 43.3 Å². The molecule has 0 heterocycles. The molecule has 0 aromatic rings. The Hall–Kier alpha value is -0.820. The summed E-state index contributed by atoms with van der Waals surface area (Å²) in [5.74, 6) is 1.78. The fourth-order valence-corrected chi connectivity index (χ4v) is 3.25. The van der Waals surface area contributed by atoms with Crippen molar-refractivity contribution >= 4 is 17.3 Å². The van der Waals surface area contributed by atoms with Gasteiger partial charge in [-0.2, -0.15) is 5.26 Å². The standard InChI is InChI=1S/C12H19N3S/c1-15(6-2-5-13)12(16)14-11-8-9-3-4-10(11)7-9/h9-11H,2-4,6-8H2,1H3,(H,14,16)/t9-,10+,11-/m0/s1. The number of thiocarbonyl (C=S) groups is 1. The second-order valence-corrected chi connectivity index (χ2v) is 5.45. The maximum atomic E-state index is 8.53. The Labute approximate surface area is 103 Å². The minimum atomic E-state index is 0.537. The number of hydrogen-bond donors (Lipinski definition) is 1. The van der Waals surface area contributed by atoms with Crippen molar-refractivity contribution in [3.63, 3.8) is 0 Å². The molecule has 0 amide bonds. The van der Waals surface area contributed by atoms with Crippen LogP contribution in [-0.2, 0) is 0 Å². The molecule has 2 aliphatic carbocycles. The van der Waals surface area contributed by atoms with Crippen LogP contribution in [0.15, 0.2) is 0 Å². The van der Waals surface area contributed by atoms with Gasteiger partial charge >= 0.3 is 0 Å². The molecule has 2 bridgehead atoms. The first-order valence-corrected chi connectivity index (χ1v) is 6.50. The van der Waals surface area contributed by atoms with E-state index in [9.17, 15) is 0 Å². The van der Waals surface area contributed by atoms with Crippen LogP contribution in [0.5, 0.6) is 0 Å². The van der Waals surface area contributed by atoms with Crippen molar-refractivity contribution < 1.29 is 0 Å². The largest absolute Gasteiger partial charge is 0.360 e. The van der Waals surface area contributed by atoms with Crippen molar-refractivity contribution in [2.75, 3.05) is 13.6 Å². The Morgan fingerprint density at radius 1 is 1.50 bits per heavy atom. The molecule has 0 aromatic carbocycles. The predicted octanol–water partition coefficient (Wildman–Crippen LogP) is 1.89. The van der Waals surface area contributed by atoms with E-state index in [1.807, 2.05) is 11.9 Å². The molecule has 88 valence electrons. The minimum absolute atomic E-state index is 0.537. The zero-order valence-corrected chi connectivity index (χ0v) is 10.6. The summed E-state index contributed by atoms with van der Waals surface area (Å²) in [6, 6.07) is 2.74. The average molecular weight is 237 g/mol. The first-order chi connectivity index (χ1) is 7.70. The molecule has 0 aromatic heterocycles. The fourth-order valence-electron chi connectivity index (χ4n) is 3.01. The van der Waals surface area contributed by atoms with Gasteiger partial charge in [0.2, 0.25) is 0 Å². The molecule has 16 heavy (non-hydrogen) atoms. The number of fused-ring (bicyclic) bond motifs is 2. The second-order valence-electron chi connectivity index (χ2n) is 5.06. The zero-order chi connectivity index (χ0) is 11.5. The van der Waals surface area contributed by atoms with Crippen LogP contribution in [0, 0.1) is 23.2 Å². The maximum Gasteiger partial charge on any atom is 0.168 e. The van der Waals surface area contributed by atoms with Crippen molar-refractivity contribution in [2.45, 2.75) is 38.1 Å². The number of nitrogens with one attached hydrogen (secondary N) is 1. The van der Waals surface area contributed by atoms with Crippen LogP contribution in [-0.4, -0.2) is 29.6 Å². The number of hydrogen-bond acceptors (Lipinski definition) is 2. The van der Waals surface area contributed by atoms with Gasteiger partial charge < -0.3 is 10.2 Å². The molecule has 0 saturated heterocycles. The van der Waals surface area contributed by atoms with E-state index in [0.29, 0.717) is 12.5 Å². The molecule has 0 unspecified atom stereocenters. The molecule has 3 nitrogen and oxygen atoms in total. The lowest BCUT2D eigenvalue weighted by Gasteiger charge is -2.28. The van der Waals surface area contributed by atoms with Crippen LogP contribution in [0.25, 0.3) is 0 Å². The highest BCUT2D eigenvalue weighted by Crippen LogP contribution is 2.44. The summed E-state index contributed by atoms with van der Waals surface area (Å²) in [5, 5.41) is 12.8. The monoisotopic (exact) mass is 237 g/mol. The van der Waals surface area contributed by atoms with E-state index >= 15 is 0 Å². The predicted molar refractivity (Wildman–Crippen MR) is 67.8 cm³/mol. The van der Waals surface area contributed by atoms with Gasteiger partial charge in [-0.3, -0.25) is 0 Å². The fraction of sp³-hybridized carbons (Fsp3) is 0.833. The van der Waals surface area contributed by atoms with Crippen LogP contribution in [0.3, 0.4) is 0 Å². The molecule has 0 spiro atoms. The quantitative estimate of drug-likeness (QED) is 0.761. The number of rotatable bonds is 3. The van der Waals surface area contributed by atoms with Crippen molar-refractivity contribution in [1.29, 1.82) is 5.26 Å². The third-order valence-corrected chi connectivity index (χ3v) is 4.38. The van der Waals surface area contributed by atoms with Gasteiger partial charge in [0.15, 0.2) is 5.11 Å². The zero-order valence-electron chi connectivity index (χ0n) is 9.78. The van der Waals surface area contributed by atoms with Crippen LogP contribution in [0.1, 0.15) is 32.1 Å². The molecule has 3 atom stereocenters. The topological polar surface area (TPSA) is 39.1 Å². The van der Waals surface area contributed by atoms with Crippen LogP contribution >= 0.6 is 12.2 Å². The molecular weight excluding hydrogens is 218 g/mol. The summed E-state index contributed by atoms with van der Waals surface area (Å²) in [5.41, 5.74) is 0. The summed E-state index contributed by atoms with van der Waals surface area (Å²) in [6.45, 7) is 0.725. The molecule has 2 rings (SSSR count). The normalized spacial score (nSPS) is 31.1. The molecule has 2 saturated carbocycles. The lowest BCUT2D eigenvalue weighted by Crippen LogP contribution is -2.45. The van der Waals surface area contributed by atoms with Crippen molar-refractivity contribution in [3.05, 3.63) is 0 Å². The van der Waals surface area contributed by atoms with Gasteiger partial charge in [-0.25, -0.2) is 0 Å². The maximum absolute atomic E-state index is 8.53. The van der Waals surface area contributed by atoms with Crippen LogP contribution in [0.2, 0.25) is 0 Å². The average Bonchev–Trinajstić information content (AvgIpc) is 2.87. The summed E-state index contributed by atoms with van der Waals surface area (Å²) in [6.07, 6.45) is 6.00. The summed E-state index contributed by atoms with van der Waals surface area (Å²) in [4.78, 5) is 1.98. The van der Waals surface area contributed by atoms with Crippen LogP contribution < -0.4 is 5.32 Å². The molecular formula is C12H19N3S. The van der Waals surface area contributed by atoms with E-state index in [1.54, 1.807) is 0 Å². The van der Waals surface area contributed by atoms with E-state index in [1.165, 1.54) is 25.7 Å². The van der Waals surface area contributed by atoms with Gasteiger partial charge in [-0.1, -0.05) is 6.42 Å². The van der Waals surface area contributed by atoms with E-state index < -0.39 is 0 Å². The minimum Gasteiger partial charge on any atom is -0.360 e. The Morgan fingerprint density at radius 2 is 2.31 bits per heavy atom. The molecule has 0 aliphatic heterocycles. The van der Waals surface area contributed by atoms with E-state index in [0.717, 1.165) is 23.5 Å². The van der Waals surface area contributed by atoms with Crippen molar-refractivity contribution in [3.8, 4) is 6.07 Å². The Bertz CT molecular complexity index is 310. The summed E-state index contributed by atoms with van der Waals surface area (Å²) < 4.78 is 0. The lowest BCUT2D eigenvalue weighted by molar-refractivity contribution is 0.375. The van der Waals surface area contributed by atoms with E-state index in [2.05, 4.69) is 11.4 Å². The number of nitrogens with zero attached hydrogens (tertiary/aromatic N) is 2. The van der Waals surface area contributed by atoms with Crippen molar-refractivity contribution in [2.24, 2.45) is 11.8 Å². The molecule has 2 fully saturated rings. The van der Waals surface area contributed by atoms with Crippen molar-refractivity contribution in [1.82, 2.24) is 10.2 Å². The SMILES string of the molecule is CN(CCC#N)C(=S)N[C@H]1C[C@H]2CC[C@@H]1C2. The molecule has 4 heteroatoms. The highest BCUT2D eigenvalue weighted by atomic mass is 32.1. The summed E-state index contributed by atoms with van der Waals surface area (Å²) >= 11 is 5.35. The second kappa shape index (κ2) is 5.01. The molecule has 2 aliphatic rings. The van der Waals surface area contributed by atoms with Gasteiger partial charge in [0.1, 0.15) is 0 Å². The third kappa shape index (κ3) is 2.46. The van der Waals surface area contributed by atoms with Gasteiger partial charge in [0, 0.05) is 19.6 Å². The van der Waals surface area contributed by atoms with E-state index in [4.69, 9.17) is 17.5 Å².